The molecule has 1 aromatic carbocycles. The highest BCUT2D eigenvalue weighted by atomic mass is 127. The smallest absolute Gasteiger partial charge is 0.364 e. The molecule has 0 fully saturated rings. The number of ether oxygens (including phenoxy) is 1. The number of hydrogen-bond donors (Lipinski definition) is 1. The molecule has 0 saturated carbocycles. The van der Waals surface area contributed by atoms with Crippen LogP contribution in [0.4, 0.5) is 4.39 Å². The Kier molecular flexibility index (Phi) is 5.20. The van der Waals surface area contributed by atoms with E-state index >= 15 is 0 Å². The lowest BCUT2D eigenvalue weighted by Gasteiger charge is -2.04. The molecule has 0 amide bonds. The van der Waals surface area contributed by atoms with E-state index in [0.717, 1.165) is 6.07 Å². The van der Waals surface area contributed by atoms with E-state index in [-0.39, 0.29) is 12.2 Å². The molecule has 0 aliphatic carbocycles. The fourth-order valence-corrected chi connectivity index (χ4v) is 1.67. The van der Waals surface area contributed by atoms with Crippen molar-refractivity contribution in [3.63, 3.8) is 0 Å². The first-order valence-corrected chi connectivity index (χ1v) is 5.98. The van der Waals surface area contributed by atoms with Gasteiger partial charge in [-0.05, 0) is 47.7 Å². The molecule has 5 nitrogen and oxygen atoms in total. The first-order valence-electron chi connectivity index (χ1n) is 4.90. The number of hydrogen-bond acceptors (Lipinski definition) is 5. The van der Waals surface area contributed by atoms with Gasteiger partial charge in [0.05, 0.1) is 12.2 Å². The standard InChI is InChI=1S/C11H9FINO4/c1-2-18-11(16)9(14-17)10(15)7-5-6(13)3-4-8(7)12/h3-5,17H,2H2,1H3/b14-9-. The number of oxime groups is 1. The maximum atomic E-state index is 13.5. The van der Waals surface area contributed by atoms with E-state index in [9.17, 15) is 14.0 Å². The van der Waals surface area contributed by atoms with Crippen LogP contribution in [0.2, 0.25) is 0 Å². The molecule has 0 aromatic heterocycles. The summed E-state index contributed by atoms with van der Waals surface area (Å²) >= 11 is 1.89. The van der Waals surface area contributed by atoms with Gasteiger partial charge in [0.1, 0.15) is 5.82 Å². The first-order chi connectivity index (χ1) is 8.51. The number of esters is 1. The van der Waals surface area contributed by atoms with Gasteiger partial charge < -0.3 is 9.94 Å². The SMILES string of the molecule is CCOC(=O)/C(=N\O)C(=O)c1cc(I)ccc1F. The van der Waals surface area contributed by atoms with Gasteiger partial charge in [0.2, 0.25) is 11.5 Å². The molecule has 0 aliphatic rings. The Balaban J connectivity index is 3.12. The van der Waals surface area contributed by atoms with Gasteiger partial charge in [0.15, 0.2) is 0 Å². The van der Waals surface area contributed by atoms with Crippen LogP contribution in [0.1, 0.15) is 17.3 Å². The van der Waals surface area contributed by atoms with Crippen LogP contribution in [0.3, 0.4) is 0 Å². The lowest BCUT2D eigenvalue weighted by Crippen LogP contribution is -2.27. The van der Waals surface area contributed by atoms with Gasteiger partial charge in [-0.1, -0.05) is 5.16 Å². The molecule has 0 saturated heterocycles. The summed E-state index contributed by atoms with van der Waals surface area (Å²) in [6.45, 7) is 1.54. The second-order valence-corrected chi connectivity index (χ2v) is 4.37. The Morgan fingerprint density at radius 3 is 2.72 bits per heavy atom. The molecule has 0 radical (unpaired) electrons. The molecule has 0 bridgehead atoms. The van der Waals surface area contributed by atoms with E-state index in [4.69, 9.17) is 5.21 Å². The van der Waals surface area contributed by atoms with Crippen molar-refractivity contribution in [3.05, 3.63) is 33.1 Å². The van der Waals surface area contributed by atoms with E-state index in [1.54, 1.807) is 0 Å². The van der Waals surface area contributed by atoms with Gasteiger partial charge in [0, 0.05) is 3.57 Å². The van der Waals surface area contributed by atoms with E-state index < -0.39 is 23.3 Å². The molecular formula is C11H9FINO4. The van der Waals surface area contributed by atoms with Gasteiger partial charge in [-0.2, -0.15) is 0 Å². The zero-order valence-corrected chi connectivity index (χ0v) is 11.5. The molecule has 1 rings (SSSR count). The highest BCUT2D eigenvalue weighted by Crippen LogP contribution is 2.14. The topological polar surface area (TPSA) is 76.0 Å². The van der Waals surface area contributed by atoms with Gasteiger partial charge in [0.25, 0.3) is 0 Å². The molecular weight excluding hydrogens is 356 g/mol. The Hall–Kier alpha value is -1.51. The van der Waals surface area contributed by atoms with E-state index in [1.165, 1.54) is 19.1 Å². The second-order valence-electron chi connectivity index (χ2n) is 3.12. The molecule has 1 N–H and O–H groups in total. The Morgan fingerprint density at radius 1 is 1.50 bits per heavy atom. The summed E-state index contributed by atoms with van der Waals surface area (Å²) in [4.78, 5) is 23.2. The normalized spacial score (nSPS) is 11.2. The zero-order chi connectivity index (χ0) is 13.7. The summed E-state index contributed by atoms with van der Waals surface area (Å²) in [5, 5.41) is 11.2. The summed E-state index contributed by atoms with van der Waals surface area (Å²) in [6, 6.07) is 3.81. The van der Waals surface area contributed by atoms with E-state index in [2.05, 4.69) is 9.89 Å². The lowest BCUT2D eigenvalue weighted by molar-refractivity contribution is -0.135. The third kappa shape index (κ3) is 3.25. The second kappa shape index (κ2) is 6.43. The number of rotatable bonds is 4. The van der Waals surface area contributed by atoms with Crippen molar-refractivity contribution in [2.24, 2.45) is 5.16 Å². The van der Waals surface area contributed by atoms with E-state index in [0.29, 0.717) is 3.57 Å². The molecule has 96 valence electrons. The number of ketones is 1. The van der Waals surface area contributed by atoms with Crippen LogP contribution < -0.4 is 0 Å². The van der Waals surface area contributed by atoms with Crippen LogP contribution in [0, 0.1) is 9.39 Å². The number of halogens is 2. The largest absolute Gasteiger partial charge is 0.461 e. The van der Waals surface area contributed by atoms with Crippen molar-refractivity contribution in [2.45, 2.75) is 6.92 Å². The monoisotopic (exact) mass is 365 g/mol. The van der Waals surface area contributed by atoms with Crippen molar-refractivity contribution in [3.8, 4) is 0 Å². The molecule has 0 spiro atoms. The first kappa shape index (κ1) is 14.6. The molecule has 7 heteroatoms. The van der Waals surface area contributed by atoms with Crippen LogP contribution in [-0.2, 0) is 9.53 Å². The Bertz CT molecular complexity index is 516. The van der Waals surface area contributed by atoms with Crippen molar-refractivity contribution < 1.29 is 23.9 Å². The van der Waals surface area contributed by atoms with Crippen LogP contribution >= 0.6 is 22.6 Å². The highest BCUT2D eigenvalue weighted by molar-refractivity contribution is 14.1. The van der Waals surface area contributed by atoms with Gasteiger partial charge in [-0.15, -0.1) is 0 Å². The third-order valence-corrected chi connectivity index (χ3v) is 2.63. The average Bonchev–Trinajstić information content (AvgIpc) is 2.33. The summed E-state index contributed by atoms with van der Waals surface area (Å²) < 4.78 is 18.6. The molecule has 0 atom stereocenters. The average molecular weight is 365 g/mol. The lowest BCUT2D eigenvalue weighted by atomic mass is 10.1. The number of Topliss-reactive ketones (excluding diaryl/α,β-unsaturated/α-hetero) is 1. The quantitative estimate of drug-likeness (QED) is 0.169. The summed E-state index contributed by atoms with van der Waals surface area (Å²) in [5.74, 6) is -2.92. The predicted molar refractivity (Wildman–Crippen MR) is 69.3 cm³/mol. The minimum absolute atomic E-state index is 0.0138. The maximum absolute atomic E-state index is 13.5. The minimum atomic E-state index is -1.09. The minimum Gasteiger partial charge on any atom is -0.461 e. The van der Waals surface area contributed by atoms with Gasteiger partial charge in [-0.25, -0.2) is 9.18 Å². The number of carbonyl (C=O) groups excluding carboxylic acids is 2. The van der Waals surface area contributed by atoms with Crippen LogP contribution in [0.25, 0.3) is 0 Å². The maximum Gasteiger partial charge on any atom is 0.364 e. The third-order valence-electron chi connectivity index (χ3n) is 1.96. The number of carbonyl (C=O) groups is 2. The van der Waals surface area contributed by atoms with Gasteiger partial charge in [-0.3, -0.25) is 4.79 Å². The van der Waals surface area contributed by atoms with Crippen molar-refractivity contribution >= 4 is 40.1 Å². The van der Waals surface area contributed by atoms with Crippen LogP contribution in [0.5, 0.6) is 0 Å². The Labute approximate surface area is 116 Å². The van der Waals surface area contributed by atoms with Crippen LogP contribution in [0.15, 0.2) is 23.4 Å². The fraction of sp³-hybridized carbons (Fsp3) is 0.182. The number of benzene rings is 1. The molecule has 0 unspecified atom stereocenters. The predicted octanol–water partition coefficient (Wildman–Crippen LogP) is 2.01. The summed E-state index contributed by atoms with van der Waals surface area (Å²) in [5.41, 5.74) is -1.19. The Morgan fingerprint density at radius 2 is 2.17 bits per heavy atom. The van der Waals surface area contributed by atoms with Crippen LogP contribution in [-0.4, -0.2) is 29.3 Å². The van der Waals surface area contributed by atoms with E-state index in [1.807, 2.05) is 22.6 Å². The molecule has 18 heavy (non-hydrogen) atoms. The summed E-state index contributed by atoms with van der Waals surface area (Å²) in [6.07, 6.45) is 0. The molecule has 0 aliphatic heterocycles. The number of nitrogens with zero attached hydrogens (tertiary/aromatic N) is 1. The fourth-order valence-electron chi connectivity index (χ4n) is 1.18. The molecule has 0 heterocycles. The zero-order valence-electron chi connectivity index (χ0n) is 9.31. The van der Waals surface area contributed by atoms with Gasteiger partial charge >= 0.3 is 5.97 Å². The summed E-state index contributed by atoms with van der Waals surface area (Å²) in [7, 11) is 0. The highest BCUT2D eigenvalue weighted by Gasteiger charge is 2.26. The van der Waals surface area contributed by atoms with Crippen molar-refractivity contribution in [1.29, 1.82) is 0 Å². The van der Waals surface area contributed by atoms with Crippen molar-refractivity contribution in [1.82, 2.24) is 0 Å². The van der Waals surface area contributed by atoms with Crippen molar-refractivity contribution in [2.75, 3.05) is 6.61 Å². The molecule has 1 aromatic rings.